The van der Waals surface area contributed by atoms with Crippen molar-refractivity contribution in [3.8, 4) is 0 Å². The van der Waals surface area contributed by atoms with Gasteiger partial charge in [-0.05, 0) is 31.4 Å². The van der Waals surface area contributed by atoms with E-state index in [0.29, 0.717) is 12.6 Å². The molecule has 1 fully saturated rings. The van der Waals surface area contributed by atoms with Crippen molar-refractivity contribution >= 4 is 5.91 Å². The van der Waals surface area contributed by atoms with Gasteiger partial charge in [0.15, 0.2) is 0 Å². The molecule has 1 aliphatic heterocycles. The smallest absolute Gasteiger partial charge is 0.231 e. The van der Waals surface area contributed by atoms with Crippen LogP contribution in [-0.2, 0) is 11.2 Å². The lowest BCUT2D eigenvalue weighted by Crippen LogP contribution is -2.45. The summed E-state index contributed by atoms with van der Waals surface area (Å²) in [6, 6.07) is 10.9. The fourth-order valence-corrected chi connectivity index (χ4v) is 2.59. The van der Waals surface area contributed by atoms with E-state index in [1.165, 1.54) is 24.8 Å². The summed E-state index contributed by atoms with van der Waals surface area (Å²) in [7, 11) is 0. The van der Waals surface area contributed by atoms with Crippen LogP contribution in [-0.4, -0.2) is 29.9 Å². The van der Waals surface area contributed by atoms with Crippen LogP contribution in [0, 0.1) is 0 Å². The van der Waals surface area contributed by atoms with E-state index < -0.39 is 0 Å². The van der Waals surface area contributed by atoms with Crippen molar-refractivity contribution in [1.82, 2.24) is 4.90 Å². The SMILES string of the molecule is NC(=O)CN1CCCCC1Cc1ccccc1. The number of hydrogen-bond acceptors (Lipinski definition) is 2. The topological polar surface area (TPSA) is 46.3 Å². The Kier molecular flexibility index (Phi) is 4.15. The quantitative estimate of drug-likeness (QED) is 0.856. The molecule has 1 aromatic rings. The molecule has 2 rings (SSSR count). The maximum atomic E-state index is 11.0. The molecule has 0 saturated carbocycles. The molecule has 0 aromatic heterocycles. The zero-order valence-corrected chi connectivity index (χ0v) is 10.1. The Morgan fingerprint density at radius 2 is 2.06 bits per heavy atom. The van der Waals surface area contributed by atoms with Crippen LogP contribution < -0.4 is 5.73 Å². The van der Waals surface area contributed by atoms with Crippen molar-refractivity contribution in [2.45, 2.75) is 31.7 Å². The van der Waals surface area contributed by atoms with E-state index in [0.717, 1.165) is 13.0 Å². The van der Waals surface area contributed by atoms with Crippen LogP contribution in [0.1, 0.15) is 24.8 Å². The molecule has 0 radical (unpaired) electrons. The third-order valence-electron chi connectivity index (χ3n) is 3.42. The first-order chi connectivity index (χ1) is 8.25. The number of nitrogens with two attached hydrogens (primary N) is 1. The predicted octanol–water partition coefficient (Wildman–Crippen LogP) is 1.57. The highest BCUT2D eigenvalue weighted by Gasteiger charge is 2.23. The van der Waals surface area contributed by atoms with Gasteiger partial charge in [-0.1, -0.05) is 36.8 Å². The number of piperidine rings is 1. The van der Waals surface area contributed by atoms with Crippen LogP contribution in [0.4, 0.5) is 0 Å². The Bertz CT molecular complexity index is 364. The normalized spacial score (nSPS) is 21.3. The lowest BCUT2D eigenvalue weighted by molar-refractivity contribution is -0.120. The first-order valence-corrected chi connectivity index (χ1v) is 6.32. The highest BCUT2D eigenvalue weighted by atomic mass is 16.1. The number of benzene rings is 1. The minimum Gasteiger partial charge on any atom is -0.369 e. The minimum atomic E-state index is -0.218. The van der Waals surface area contributed by atoms with Crippen molar-refractivity contribution in [2.24, 2.45) is 5.73 Å². The van der Waals surface area contributed by atoms with Gasteiger partial charge in [-0.25, -0.2) is 0 Å². The van der Waals surface area contributed by atoms with Crippen LogP contribution in [0.25, 0.3) is 0 Å². The van der Waals surface area contributed by atoms with Crippen LogP contribution in [0.3, 0.4) is 0 Å². The minimum absolute atomic E-state index is 0.218. The molecular weight excluding hydrogens is 212 g/mol. The monoisotopic (exact) mass is 232 g/mol. The second-order valence-corrected chi connectivity index (χ2v) is 4.78. The first-order valence-electron chi connectivity index (χ1n) is 6.32. The molecular formula is C14H20N2O. The van der Waals surface area contributed by atoms with Crippen molar-refractivity contribution < 1.29 is 4.79 Å². The van der Waals surface area contributed by atoms with Crippen LogP contribution in [0.15, 0.2) is 30.3 Å². The first kappa shape index (κ1) is 12.1. The molecule has 1 heterocycles. The summed E-state index contributed by atoms with van der Waals surface area (Å²) < 4.78 is 0. The third kappa shape index (κ3) is 3.56. The van der Waals surface area contributed by atoms with Crippen molar-refractivity contribution in [3.05, 3.63) is 35.9 Å². The van der Waals surface area contributed by atoms with Crippen molar-refractivity contribution in [2.75, 3.05) is 13.1 Å². The van der Waals surface area contributed by atoms with Gasteiger partial charge >= 0.3 is 0 Å². The van der Waals surface area contributed by atoms with E-state index in [2.05, 4.69) is 29.2 Å². The Morgan fingerprint density at radius 3 is 2.76 bits per heavy atom. The summed E-state index contributed by atoms with van der Waals surface area (Å²) in [5.41, 5.74) is 6.64. The summed E-state index contributed by atoms with van der Waals surface area (Å²) in [6.45, 7) is 1.40. The molecule has 0 aliphatic carbocycles. The maximum absolute atomic E-state index is 11.0. The van der Waals surface area contributed by atoms with Gasteiger partial charge in [0.1, 0.15) is 0 Å². The Morgan fingerprint density at radius 1 is 1.29 bits per heavy atom. The molecule has 1 saturated heterocycles. The molecule has 92 valence electrons. The van der Waals surface area contributed by atoms with Gasteiger partial charge in [-0.2, -0.15) is 0 Å². The standard InChI is InChI=1S/C14H20N2O/c15-14(17)11-16-9-5-4-8-13(16)10-12-6-2-1-3-7-12/h1-3,6-7,13H,4-5,8-11H2,(H2,15,17). The van der Waals surface area contributed by atoms with Crippen LogP contribution in [0.5, 0.6) is 0 Å². The van der Waals surface area contributed by atoms with Gasteiger partial charge in [-0.3, -0.25) is 9.69 Å². The molecule has 0 bridgehead atoms. The van der Waals surface area contributed by atoms with Crippen LogP contribution in [0.2, 0.25) is 0 Å². The van der Waals surface area contributed by atoms with E-state index in [-0.39, 0.29) is 5.91 Å². The zero-order valence-electron chi connectivity index (χ0n) is 10.1. The Labute approximate surface area is 103 Å². The second kappa shape index (κ2) is 5.82. The highest BCUT2D eigenvalue weighted by Crippen LogP contribution is 2.20. The van der Waals surface area contributed by atoms with E-state index in [1.807, 2.05) is 6.07 Å². The van der Waals surface area contributed by atoms with Gasteiger partial charge in [0.05, 0.1) is 6.54 Å². The number of hydrogen-bond donors (Lipinski definition) is 1. The average Bonchev–Trinajstić information content (AvgIpc) is 2.32. The van der Waals surface area contributed by atoms with Gasteiger partial charge < -0.3 is 5.73 Å². The second-order valence-electron chi connectivity index (χ2n) is 4.78. The number of carbonyl (C=O) groups excluding carboxylic acids is 1. The zero-order chi connectivity index (χ0) is 12.1. The summed E-state index contributed by atoms with van der Waals surface area (Å²) in [6.07, 6.45) is 4.63. The van der Waals surface area contributed by atoms with E-state index in [9.17, 15) is 4.79 Å². The molecule has 1 aliphatic rings. The number of likely N-dealkylation sites (tertiary alicyclic amines) is 1. The molecule has 3 nitrogen and oxygen atoms in total. The molecule has 3 heteroatoms. The lowest BCUT2D eigenvalue weighted by atomic mass is 9.95. The summed E-state index contributed by atoms with van der Waals surface area (Å²) >= 11 is 0. The van der Waals surface area contributed by atoms with Crippen molar-refractivity contribution in [3.63, 3.8) is 0 Å². The highest BCUT2D eigenvalue weighted by molar-refractivity contribution is 5.76. The molecule has 0 spiro atoms. The van der Waals surface area contributed by atoms with Gasteiger partial charge in [0.25, 0.3) is 0 Å². The molecule has 1 unspecified atom stereocenters. The molecule has 1 atom stereocenters. The van der Waals surface area contributed by atoms with Crippen molar-refractivity contribution in [1.29, 1.82) is 0 Å². The predicted molar refractivity (Wildman–Crippen MR) is 68.6 cm³/mol. The summed E-state index contributed by atoms with van der Waals surface area (Å²) in [4.78, 5) is 13.3. The number of nitrogens with zero attached hydrogens (tertiary/aromatic N) is 1. The summed E-state index contributed by atoms with van der Waals surface area (Å²) in [5.74, 6) is -0.218. The average molecular weight is 232 g/mol. The van der Waals surface area contributed by atoms with Gasteiger partial charge in [0, 0.05) is 6.04 Å². The summed E-state index contributed by atoms with van der Waals surface area (Å²) in [5, 5.41) is 0. The van der Waals surface area contributed by atoms with Gasteiger partial charge in [0.2, 0.25) is 5.91 Å². The lowest BCUT2D eigenvalue weighted by Gasteiger charge is -2.34. The Hall–Kier alpha value is -1.35. The number of rotatable bonds is 4. The number of carbonyl (C=O) groups is 1. The molecule has 17 heavy (non-hydrogen) atoms. The molecule has 1 aromatic carbocycles. The molecule has 1 amide bonds. The molecule has 2 N–H and O–H groups in total. The van der Waals surface area contributed by atoms with E-state index >= 15 is 0 Å². The maximum Gasteiger partial charge on any atom is 0.231 e. The Balaban J connectivity index is 1.99. The van der Waals surface area contributed by atoms with E-state index in [4.69, 9.17) is 5.73 Å². The largest absolute Gasteiger partial charge is 0.369 e. The third-order valence-corrected chi connectivity index (χ3v) is 3.42. The fraction of sp³-hybridized carbons (Fsp3) is 0.500. The fourth-order valence-electron chi connectivity index (χ4n) is 2.59. The van der Waals surface area contributed by atoms with Gasteiger partial charge in [-0.15, -0.1) is 0 Å². The van der Waals surface area contributed by atoms with E-state index in [1.54, 1.807) is 0 Å². The number of primary amides is 1. The number of amides is 1. The van der Waals surface area contributed by atoms with Crippen LogP contribution >= 0.6 is 0 Å².